The molecule has 6 aliphatic rings. The summed E-state index contributed by atoms with van der Waals surface area (Å²) in [4.78, 5) is 83.1. The number of aryl methyl sites for hydroxylation is 2. The monoisotopic (exact) mass is 1050 g/mol. The summed E-state index contributed by atoms with van der Waals surface area (Å²) < 4.78 is 18.2. The fraction of sp³-hybridized carbons (Fsp3) is 0.574. The maximum atomic E-state index is 14.2. The number of amides is 2. The first-order valence-electron chi connectivity index (χ1n) is 26.7. The Labute approximate surface area is 438 Å². The van der Waals surface area contributed by atoms with Crippen molar-refractivity contribution in [2.45, 2.75) is 146 Å². The quantitative estimate of drug-likeness (QED) is 0.0668. The number of hydrogen-bond acceptors (Lipinski definition) is 14. The molecule has 74 heavy (non-hydrogen) atoms. The molecular formula is C54H73N10O8PS. The molecule has 18 nitrogen and oxygen atoms in total. The fourth-order valence-corrected chi connectivity index (χ4v) is 15.3. The number of rotatable bonds is 13. The number of hydrogen-bond donors (Lipinski definition) is 5. The first-order chi connectivity index (χ1) is 35.5. The van der Waals surface area contributed by atoms with E-state index in [-0.39, 0.29) is 47.8 Å². The minimum absolute atomic E-state index is 0.0684. The van der Waals surface area contributed by atoms with Gasteiger partial charge >= 0.3 is 7.82 Å². The van der Waals surface area contributed by atoms with Crippen LogP contribution in [0.15, 0.2) is 60.2 Å². The molecule has 1 saturated carbocycles. The van der Waals surface area contributed by atoms with E-state index in [2.05, 4.69) is 62.8 Å². The van der Waals surface area contributed by atoms with Crippen LogP contribution in [0.5, 0.6) is 0 Å². The number of piperazine rings is 1. The zero-order valence-electron chi connectivity index (χ0n) is 43.2. The zero-order valence-corrected chi connectivity index (χ0v) is 45.0. The van der Waals surface area contributed by atoms with Gasteiger partial charge in [0.15, 0.2) is 5.82 Å². The second-order valence-electron chi connectivity index (χ2n) is 21.8. The number of nitrogens with zero attached hydrogens (tertiary/aromatic N) is 8. The summed E-state index contributed by atoms with van der Waals surface area (Å²) in [6.45, 7) is 14.4. The highest BCUT2D eigenvalue weighted by molar-refractivity contribution is 7.46. The van der Waals surface area contributed by atoms with Crippen molar-refractivity contribution in [3.63, 3.8) is 0 Å². The van der Waals surface area contributed by atoms with E-state index >= 15 is 0 Å². The van der Waals surface area contributed by atoms with Crippen LogP contribution < -0.4 is 30.9 Å². The summed E-state index contributed by atoms with van der Waals surface area (Å²) in [7, 11) is -2.88. The van der Waals surface area contributed by atoms with E-state index in [4.69, 9.17) is 14.5 Å². The van der Waals surface area contributed by atoms with Crippen LogP contribution in [0, 0.1) is 0 Å². The summed E-state index contributed by atoms with van der Waals surface area (Å²) in [6.07, 6.45) is 16.3. The van der Waals surface area contributed by atoms with Crippen LogP contribution in [0.4, 0.5) is 34.4 Å². The topological polar surface area (TPSA) is 209 Å². The first kappa shape index (κ1) is 52.3. The minimum Gasteiger partial charge on any atom is -0.394 e. The maximum absolute atomic E-state index is 14.2. The summed E-state index contributed by atoms with van der Waals surface area (Å²) in [5.41, 5.74) is 5.68. The number of pyridine rings is 1. The number of anilines is 6. The van der Waals surface area contributed by atoms with Crippen LogP contribution >= 0.6 is 19.2 Å². The third kappa shape index (κ3) is 10.8. The molecule has 2 amide bonds. The number of carbonyl (C=O) groups is 2. The van der Waals surface area contributed by atoms with Gasteiger partial charge in [0.2, 0.25) is 5.91 Å². The van der Waals surface area contributed by atoms with Gasteiger partial charge in [0.1, 0.15) is 5.82 Å². The van der Waals surface area contributed by atoms with Crippen molar-refractivity contribution in [3.05, 3.63) is 92.3 Å². The lowest BCUT2D eigenvalue weighted by molar-refractivity contribution is -0.111. The van der Waals surface area contributed by atoms with Crippen molar-refractivity contribution in [2.24, 2.45) is 7.05 Å². The van der Waals surface area contributed by atoms with Gasteiger partial charge in [-0.15, -0.1) is 11.3 Å². The van der Waals surface area contributed by atoms with Gasteiger partial charge in [-0.2, -0.15) is 0 Å². The molecule has 20 heteroatoms. The van der Waals surface area contributed by atoms with E-state index in [0.29, 0.717) is 55.2 Å². The fourth-order valence-electron chi connectivity index (χ4n) is 13.1. The number of benzene rings is 1. The van der Waals surface area contributed by atoms with Gasteiger partial charge in [-0.05, 0) is 152 Å². The number of fused-ring (bicyclic) bond motifs is 3. The van der Waals surface area contributed by atoms with E-state index in [0.717, 1.165) is 106 Å². The molecule has 3 unspecified atom stereocenters. The molecule has 1 aromatic carbocycles. The molecular weight excluding hydrogens is 980 g/mol. The van der Waals surface area contributed by atoms with Crippen molar-refractivity contribution in [2.75, 3.05) is 71.2 Å². The Hall–Kier alpha value is -5.14. The lowest BCUT2D eigenvalue weighted by atomic mass is 9.78. The van der Waals surface area contributed by atoms with Crippen molar-refractivity contribution in [1.29, 1.82) is 0 Å². The molecule has 0 spiro atoms. The minimum atomic E-state index is -4.57. The van der Waals surface area contributed by atoms with E-state index in [1.165, 1.54) is 39.5 Å². The third-order valence-corrected chi connectivity index (χ3v) is 19.0. The van der Waals surface area contributed by atoms with Crippen molar-refractivity contribution >= 4 is 65.4 Å². The average Bonchev–Trinajstić information content (AvgIpc) is 3.77. The number of phosphoric acid groups is 1. The van der Waals surface area contributed by atoms with Gasteiger partial charge in [0.25, 0.3) is 11.5 Å². The second-order valence-corrected chi connectivity index (χ2v) is 24.1. The summed E-state index contributed by atoms with van der Waals surface area (Å²) in [6, 6.07) is 10.2. The molecule has 3 saturated heterocycles. The molecule has 4 fully saturated rings. The van der Waals surface area contributed by atoms with Crippen molar-refractivity contribution < 1.29 is 33.6 Å². The Kier molecular flexibility index (Phi) is 15.2. The first-order valence-corrected chi connectivity index (χ1v) is 29.1. The number of aliphatic hydroxyl groups is 1. The zero-order chi connectivity index (χ0) is 52.1. The predicted molar refractivity (Wildman–Crippen MR) is 290 cm³/mol. The lowest BCUT2D eigenvalue weighted by Gasteiger charge is -2.48. The third-order valence-electron chi connectivity index (χ3n) is 17.0. The summed E-state index contributed by atoms with van der Waals surface area (Å²) in [5, 5.41) is 17.3. The predicted octanol–water partition coefficient (Wildman–Crippen LogP) is 7.11. The molecule has 4 aromatic rings. The highest BCUT2D eigenvalue weighted by Crippen LogP contribution is 2.49. The Morgan fingerprint density at radius 2 is 1.73 bits per heavy atom. The summed E-state index contributed by atoms with van der Waals surface area (Å²) in [5.74, 6) is 0.567. The molecule has 7 heterocycles. The largest absolute Gasteiger partial charge is 0.470 e. The van der Waals surface area contributed by atoms with Crippen molar-refractivity contribution in [3.8, 4) is 0 Å². The average molecular weight is 1050 g/mol. The number of aliphatic hydroxyl groups excluding tert-OH is 1. The van der Waals surface area contributed by atoms with E-state index in [9.17, 15) is 33.8 Å². The lowest BCUT2D eigenvalue weighted by Crippen LogP contribution is -2.60. The maximum Gasteiger partial charge on any atom is 0.470 e. The number of phosphoric ester groups is 1. The van der Waals surface area contributed by atoms with E-state index < -0.39 is 19.5 Å². The van der Waals surface area contributed by atoms with Gasteiger partial charge in [-0.1, -0.05) is 6.58 Å². The Morgan fingerprint density at radius 1 is 0.932 bits per heavy atom. The number of piperidine rings is 2. The number of aromatic nitrogens is 3. The highest BCUT2D eigenvalue weighted by atomic mass is 32.1. The molecule has 0 bridgehead atoms. The molecule has 5 N–H and O–H groups in total. The SMILES string of the molecule is C=CC(=O)Nc1cc(Nc2nc(N3CCCC(N4CCc5c(sc6c5CCCC6)C4=O)C3CO)cn(C)c2=O)ccc1N1CCN(C2CCN(c3ccnc(C4CCC(C)(OP(=O)(O)O)CC4)c3)[C@H](C)C2)C[C@@H]1C. The molecule has 0 radical (unpaired) electrons. The van der Waals surface area contributed by atoms with Crippen LogP contribution in [-0.4, -0.2) is 133 Å². The van der Waals surface area contributed by atoms with E-state index in [1.807, 2.05) is 29.3 Å². The standard InChI is InChI=1S/C54H73N10O8PS/c1-6-49(66)57-43-29-37(56-51-53(68)59(5)32-48(58-51)63-23-9-11-45(46(63)33-65)64-25-19-41-40-10-7-8-12-47(40)74-50(41)52(64)67)13-14-44(43)62-27-26-60(31-35(62)3)38-18-24-61(34(2)28-38)39-17-22-55-42(30-39)36-15-20-54(4,21-16-36)72-73(69,70)71/h6,13-14,17,22,29-30,32,34-36,38,45-46,65H,1,7-12,15-16,18-21,23-28,31,33H2,2-5H3,(H,56,58)(H,57,66)(H2,69,70,71)/t34-,35+,36?,38?,45?,46?,54?/m1/s1. The van der Waals surface area contributed by atoms with Crippen LogP contribution in [0.1, 0.15) is 122 Å². The van der Waals surface area contributed by atoms with Gasteiger partial charge in [0.05, 0.1) is 40.5 Å². The number of nitrogens with one attached hydrogen (secondary N) is 2. The molecule has 3 aromatic heterocycles. The molecule has 5 atom stereocenters. The Morgan fingerprint density at radius 3 is 2.47 bits per heavy atom. The van der Waals surface area contributed by atoms with Crippen LogP contribution in [0.2, 0.25) is 0 Å². The molecule has 4 aliphatic heterocycles. The van der Waals surface area contributed by atoms with Gasteiger partial charge in [0, 0.05) is 105 Å². The van der Waals surface area contributed by atoms with Gasteiger partial charge in [-0.3, -0.25) is 28.8 Å². The van der Waals surface area contributed by atoms with Crippen LogP contribution in [0.3, 0.4) is 0 Å². The van der Waals surface area contributed by atoms with Crippen LogP contribution in [-0.2, 0) is 40.2 Å². The van der Waals surface area contributed by atoms with Crippen molar-refractivity contribution in [1.82, 2.24) is 24.3 Å². The smallest absolute Gasteiger partial charge is 0.394 e. The van der Waals surface area contributed by atoms with E-state index in [1.54, 1.807) is 31.5 Å². The highest BCUT2D eigenvalue weighted by Gasteiger charge is 2.43. The summed E-state index contributed by atoms with van der Waals surface area (Å²) >= 11 is 1.67. The molecule has 2 aliphatic carbocycles. The molecule has 10 rings (SSSR count). The Bertz CT molecular complexity index is 2860. The van der Waals surface area contributed by atoms with Gasteiger partial charge < -0.3 is 49.7 Å². The second kappa shape index (κ2) is 21.5. The Balaban J connectivity index is 0.796. The van der Waals surface area contributed by atoms with Crippen LogP contribution in [0.25, 0.3) is 0 Å². The number of carbonyl (C=O) groups excluding carboxylic acids is 2. The number of thiophene rings is 1. The normalized spacial score (nSPS) is 26.9. The molecule has 398 valence electrons. The van der Waals surface area contributed by atoms with Gasteiger partial charge in [-0.25, -0.2) is 9.55 Å².